The molecule has 2 amide bonds. The second kappa shape index (κ2) is 15.3. The summed E-state index contributed by atoms with van der Waals surface area (Å²) < 4.78 is 10.5. The Bertz CT molecular complexity index is 951. The van der Waals surface area contributed by atoms with E-state index in [1.54, 1.807) is 0 Å². The van der Waals surface area contributed by atoms with E-state index >= 15 is 0 Å². The van der Waals surface area contributed by atoms with Crippen molar-refractivity contribution in [1.29, 1.82) is 0 Å². The topological polar surface area (TPSA) is 83.1 Å². The highest BCUT2D eigenvalue weighted by atomic mass is 16.5. The first-order valence-corrected chi connectivity index (χ1v) is 13.3. The van der Waals surface area contributed by atoms with Crippen LogP contribution in [0.4, 0.5) is 11.4 Å². The lowest BCUT2D eigenvalue weighted by molar-refractivity contribution is -0.133. The van der Waals surface area contributed by atoms with Gasteiger partial charge in [-0.15, -0.1) is 0 Å². The van der Waals surface area contributed by atoms with Gasteiger partial charge < -0.3 is 25.0 Å². The van der Waals surface area contributed by atoms with Gasteiger partial charge >= 0.3 is 0 Å². The minimum atomic E-state index is 0.0427. The highest BCUT2D eigenvalue weighted by Gasteiger charge is 2.16. The van der Waals surface area contributed by atoms with Crippen LogP contribution < -0.4 is 10.6 Å². The number of hydrogen-bond donors (Lipinski definition) is 2. The number of rotatable bonds is 8. The molecule has 2 fully saturated rings. The molecule has 2 N–H and O–H groups in total. The maximum Gasteiger partial charge on any atom is 0.242 e. The number of carbonyl (C=O) groups excluding carboxylic acids is 2. The van der Waals surface area contributed by atoms with Crippen molar-refractivity contribution in [3.05, 3.63) is 59.7 Å². The quantitative estimate of drug-likeness (QED) is 0.565. The van der Waals surface area contributed by atoms with Crippen LogP contribution in [0.25, 0.3) is 0 Å². The lowest BCUT2D eigenvalue weighted by Crippen LogP contribution is -2.43. The summed E-state index contributed by atoms with van der Waals surface area (Å²) in [4.78, 5) is 27.8. The van der Waals surface area contributed by atoms with Crippen LogP contribution in [0.15, 0.2) is 48.5 Å². The Morgan fingerprint density at radius 3 is 1.97 bits per heavy atom. The van der Waals surface area contributed by atoms with Gasteiger partial charge in [0.15, 0.2) is 0 Å². The molecule has 2 aromatic carbocycles. The number of carbonyl (C=O) groups is 2. The Balaban J connectivity index is 0.000000206. The number of hydrogen-bond acceptors (Lipinski definition) is 6. The first-order valence-electron chi connectivity index (χ1n) is 13.3. The number of ether oxygens (including phenoxy) is 2. The second-order valence-electron chi connectivity index (χ2n) is 9.61. The Morgan fingerprint density at radius 2 is 1.41 bits per heavy atom. The Hall–Kier alpha value is -2.94. The number of benzene rings is 2. The summed E-state index contributed by atoms with van der Waals surface area (Å²) in [5.41, 5.74) is 4.45. The molecule has 2 saturated heterocycles. The molecule has 0 spiro atoms. The van der Waals surface area contributed by atoms with Crippen molar-refractivity contribution in [2.45, 2.75) is 33.1 Å². The van der Waals surface area contributed by atoms with E-state index in [4.69, 9.17) is 9.47 Å². The van der Waals surface area contributed by atoms with E-state index in [0.29, 0.717) is 45.3 Å². The number of anilines is 2. The SMILES string of the molecule is CC(C)c1ccc(NCC(=O)N2CCOCC2)cc1.CCc1ccc(NC(=O)CN2CCOCC2)cc1. The van der Waals surface area contributed by atoms with Gasteiger partial charge in [-0.2, -0.15) is 0 Å². The zero-order chi connectivity index (χ0) is 26.5. The summed E-state index contributed by atoms with van der Waals surface area (Å²) in [5, 5.41) is 6.09. The first kappa shape index (κ1) is 28.6. The highest BCUT2D eigenvalue weighted by Crippen LogP contribution is 2.17. The van der Waals surface area contributed by atoms with E-state index < -0.39 is 0 Å². The molecule has 2 aromatic rings. The fraction of sp³-hybridized carbons (Fsp3) is 0.517. The molecule has 0 unspecified atom stereocenters. The van der Waals surface area contributed by atoms with E-state index in [1.165, 1.54) is 11.1 Å². The van der Waals surface area contributed by atoms with Crippen molar-refractivity contribution in [2.75, 3.05) is 76.3 Å². The molecule has 4 rings (SSSR count). The Morgan fingerprint density at radius 1 is 0.838 bits per heavy atom. The minimum Gasteiger partial charge on any atom is -0.379 e. The van der Waals surface area contributed by atoms with Crippen LogP contribution in [0, 0.1) is 0 Å². The van der Waals surface area contributed by atoms with E-state index in [-0.39, 0.29) is 11.8 Å². The normalized spacial score (nSPS) is 16.1. The maximum absolute atomic E-state index is 12.0. The minimum absolute atomic E-state index is 0.0427. The molecule has 2 aliphatic heterocycles. The molecule has 0 saturated carbocycles. The molecule has 0 atom stereocenters. The third-order valence-electron chi connectivity index (χ3n) is 6.50. The predicted molar refractivity (Wildman–Crippen MR) is 148 cm³/mol. The highest BCUT2D eigenvalue weighted by molar-refractivity contribution is 5.92. The first-order chi connectivity index (χ1) is 17.9. The van der Waals surface area contributed by atoms with Gasteiger partial charge in [-0.3, -0.25) is 14.5 Å². The summed E-state index contributed by atoms with van der Waals surface area (Å²) in [6, 6.07) is 16.3. The summed E-state index contributed by atoms with van der Waals surface area (Å²) in [7, 11) is 0. The molecule has 0 aliphatic carbocycles. The molecule has 2 aliphatic rings. The van der Waals surface area contributed by atoms with Crippen LogP contribution in [-0.2, 0) is 25.5 Å². The standard InChI is InChI=1S/C15H22N2O2.C14H20N2O2/c1-12(2)13-3-5-14(6-4-13)16-11-15(18)17-7-9-19-10-8-17;1-2-12-3-5-13(6-4-12)15-14(17)11-16-7-9-18-10-8-16/h3-6,12,16H,7-11H2,1-2H3;3-6H,2,7-11H2,1H3,(H,15,17). The summed E-state index contributed by atoms with van der Waals surface area (Å²) >= 11 is 0. The molecule has 8 nitrogen and oxygen atoms in total. The molecule has 0 bridgehead atoms. The summed E-state index contributed by atoms with van der Waals surface area (Å²) in [6.07, 6.45) is 1.02. The van der Waals surface area contributed by atoms with Crippen LogP contribution >= 0.6 is 0 Å². The van der Waals surface area contributed by atoms with Crippen molar-refractivity contribution in [3.63, 3.8) is 0 Å². The van der Waals surface area contributed by atoms with Gasteiger partial charge in [0.25, 0.3) is 0 Å². The van der Waals surface area contributed by atoms with Crippen molar-refractivity contribution in [2.24, 2.45) is 0 Å². The van der Waals surface area contributed by atoms with Crippen molar-refractivity contribution >= 4 is 23.2 Å². The van der Waals surface area contributed by atoms with Gasteiger partial charge in [0, 0.05) is 37.6 Å². The molecule has 202 valence electrons. The molecule has 0 radical (unpaired) electrons. The van der Waals surface area contributed by atoms with Gasteiger partial charge in [-0.05, 0) is 47.7 Å². The van der Waals surface area contributed by atoms with Gasteiger partial charge in [-0.1, -0.05) is 45.0 Å². The van der Waals surface area contributed by atoms with Crippen LogP contribution in [0.3, 0.4) is 0 Å². The number of morpholine rings is 2. The number of nitrogens with one attached hydrogen (secondary N) is 2. The molecular weight excluding hydrogens is 468 g/mol. The Kier molecular flexibility index (Phi) is 11.9. The van der Waals surface area contributed by atoms with Gasteiger partial charge in [-0.25, -0.2) is 0 Å². The third-order valence-corrected chi connectivity index (χ3v) is 6.50. The number of aryl methyl sites for hydroxylation is 1. The van der Waals surface area contributed by atoms with Gasteiger partial charge in [0.2, 0.25) is 11.8 Å². The zero-order valence-corrected chi connectivity index (χ0v) is 22.5. The molecule has 8 heteroatoms. The monoisotopic (exact) mass is 510 g/mol. The molecular formula is C29H42N4O4. The van der Waals surface area contributed by atoms with Crippen LogP contribution in [-0.4, -0.2) is 87.3 Å². The fourth-order valence-corrected chi connectivity index (χ4v) is 4.07. The van der Waals surface area contributed by atoms with E-state index in [1.807, 2.05) is 41.3 Å². The van der Waals surface area contributed by atoms with Crippen molar-refractivity contribution in [1.82, 2.24) is 9.80 Å². The lowest BCUT2D eigenvalue weighted by Gasteiger charge is -2.27. The fourth-order valence-electron chi connectivity index (χ4n) is 4.07. The number of amides is 2. The molecule has 2 heterocycles. The molecule has 37 heavy (non-hydrogen) atoms. The largest absolute Gasteiger partial charge is 0.379 e. The maximum atomic E-state index is 12.0. The van der Waals surface area contributed by atoms with E-state index in [2.05, 4.69) is 48.4 Å². The van der Waals surface area contributed by atoms with Crippen molar-refractivity contribution in [3.8, 4) is 0 Å². The summed E-state index contributed by atoms with van der Waals surface area (Å²) in [6.45, 7) is 13.1. The van der Waals surface area contributed by atoms with Crippen molar-refractivity contribution < 1.29 is 19.1 Å². The van der Waals surface area contributed by atoms with Gasteiger partial charge in [0.05, 0.1) is 39.5 Å². The van der Waals surface area contributed by atoms with Crippen LogP contribution in [0.5, 0.6) is 0 Å². The molecule has 0 aromatic heterocycles. The lowest BCUT2D eigenvalue weighted by atomic mass is 10.0. The average Bonchev–Trinajstić information content (AvgIpc) is 2.93. The van der Waals surface area contributed by atoms with E-state index in [9.17, 15) is 9.59 Å². The Labute approximate surface area is 221 Å². The zero-order valence-electron chi connectivity index (χ0n) is 22.5. The van der Waals surface area contributed by atoms with Crippen LogP contribution in [0.2, 0.25) is 0 Å². The smallest absolute Gasteiger partial charge is 0.242 e. The number of nitrogens with zero attached hydrogens (tertiary/aromatic N) is 2. The predicted octanol–water partition coefficient (Wildman–Crippen LogP) is 3.60. The van der Waals surface area contributed by atoms with Crippen LogP contribution in [0.1, 0.15) is 37.8 Å². The summed E-state index contributed by atoms with van der Waals surface area (Å²) in [5.74, 6) is 0.710. The van der Waals surface area contributed by atoms with E-state index in [0.717, 1.165) is 44.1 Å². The second-order valence-corrected chi connectivity index (χ2v) is 9.61. The van der Waals surface area contributed by atoms with Gasteiger partial charge in [0.1, 0.15) is 0 Å². The third kappa shape index (κ3) is 10.1. The average molecular weight is 511 g/mol.